The van der Waals surface area contributed by atoms with E-state index in [0.29, 0.717) is 12.2 Å². The second-order valence-electron chi connectivity index (χ2n) is 3.63. The number of carbonyl (C=O) groups excluding carboxylic acids is 1. The third-order valence-electron chi connectivity index (χ3n) is 2.13. The molecule has 0 aliphatic heterocycles. The molecule has 2 nitrogen and oxygen atoms in total. The Morgan fingerprint density at radius 3 is 2.67 bits per heavy atom. The highest BCUT2D eigenvalue weighted by Crippen LogP contribution is 2.02. The van der Waals surface area contributed by atoms with E-state index in [0.717, 1.165) is 6.42 Å². The zero-order valence-electron chi connectivity index (χ0n) is 8.94. The second-order valence-corrected chi connectivity index (χ2v) is 4.08. The summed E-state index contributed by atoms with van der Waals surface area (Å²) in [5.41, 5.74) is 1.25. The molecule has 1 aromatic carbocycles. The molecule has 1 aromatic rings. The lowest BCUT2D eigenvalue weighted by Gasteiger charge is -2.13. The molecule has 0 spiro atoms. The zero-order valence-corrected chi connectivity index (χ0v) is 9.84. The van der Waals surface area contributed by atoms with Gasteiger partial charge in [-0.3, -0.25) is 4.79 Å². The first-order valence-electron chi connectivity index (χ1n) is 5.16. The summed E-state index contributed by atoms with van der Waals surface area (Å²) in [6.07, 6.45) is 1.36. The van der Waals surface area contributed by atoms with Gasteiger partial charge in [-0.1, -0.05) is 30.3 Å². The van der Waals surface area contributed by atoms with Gasteiger partial charge in [-0.05, 0) is 24.7 Å². The molecule has 0 aliphatic carbocycles. The van der Waals surface area contributed by atoms with E-state index in [1.54, 1.807) is 0 Å². The Balaban J connectivity index is 2.36. The third kappa shape index (κ3) is 4.88. The van der Waals surface area contributed by atoms with E-state index >= 15 is 0 Å². The summed E-state index contributed by atoms with van der Waals surface area (Å²) in [6.45, 7) is 2.02. The van der Waals surface area contributed by atoms with E-state index in [1.807, 2.05) is 25.1 Å². The number of thiol groups is 1. The van der Waals surface area contributed by atoms with Crippen LogP contribution >= 0.6 is 12.6 Å². The fraction of sp³-hybridized carbons (Fsp3) is 0.417. The Labute approximate surface area is 96.5 Å². The molecule has 0 aliphatic rings. The van der Waals surface area contributed by atoms with Crippen molar-refractivity contribution in [3.05, 3.63) is 35.9 Å². The van der Waals surface area contributed by atoms with Gasteiger partial charge in [-0.15, -0.1) is 0 Å². The molecule has 0 heterocycles. The fourth-order valence-electron chi connectivity index (χ4n) is 1.47. The summed E-state index contributed by atoms with van der Waals surface area (Å²) < 4.78 is 0. The van der Waals surface area contributed by atoms with Crippen molar-refractivity contribution < 1.29 is 4.79 Å². The molecule has 1 N–H and O–H groups in total. The van der Waals surface area contributed by atoms with E-state index in [4.69, 9.17) is 0 Å². The Hall–Kier alpha value is -0.960. The monoisotopic (exact) mass is 223 g/mol. The van der Waals surface area contributed by atoms with Gasteiger partial charge in [-0.2, -0.15) is 12.6 Å². The van der Waals surface area contributed by atoms with Gasteiger partial charge in [0.25, 0.3) is 0 Å². The van der Waals surface area contributed by atoms with Gasteiger partial charge < -0.3 is 5.32 Å². The number of amides is 1. The highest BCUT2D eigenvalue weighted by molar-refractivity contribution is 7.80. The van der Waals surface area contributed by atoms with Gasteiger partial charge in [0.2, 0.25) is 5.91 Å². The molecule has 0 bridgehead atoms. The highest BCUT2D eigenvalue weighted by atomic mass is 32.1. The van der Waals surface area contributed by atoms with Crippen LogP contribution in [0.3, 0.4) is 0 Å². The smallest absolute Gasteiger partial charge is 0.221 e. The van der Waals surface area contributed by atoms with Crippen LogP contribution in [0.4, 0.5) is 0 Å². The van der Waals surface area contributed by atoms with E-state index in [-0.39, 0.29) is 11.9 Å². The van der Waals surface area contributed by atoms with Gasteiger partial charge in [0.15, 0.2) is 0 Å². The summed E-state index contributed by atoms with van der Waals surface area (Å²) in [7, 11) is 0. The Morgan fingerprint density at radius 1 is 1.40 bits per heavy atom. The first kappa shape index (κ1) is 12.1. The summed E-state index contributed by atoms with van der Waals surface area (Å²) in [4.78, 5) is 11.3. The van der Waals surface area contributed by atoms with Crippen LogP contribution in [0.2, 0.25) is 0 Å². The topological polar surface area (TPSA) is 29.1 Å². The third-order valence-corrected chi connectivity index (χ3v) is 2.35. The summed E-state index contributed by atoms with van der Waals surface area (Å²) in [6, 6.07) is 10.3. The SMILES string of the molecule is CC(Cc1ccccc1)NC(=O)CCS. The van der Waals surface area contributed by atoms with Crippen LogP contribution in [0, 0.1) is 0 Å². The van der Waals surface area contributed by atoms with Crippen molar-refractivity contribution in [2.75, 3.05) is 5.75 Å². The van der Waals surface area contributed by atoms with Crippen molar-refractivity contribution in [3.8, 4) is 0 Å². The van der Waals surface area contributed by atoms with Crippen LogP contribution < -0.4 is 5.32 Å². The minimum absolute atomic E-state index is 0.0773. The molecular formula is C12H17NOS. The van der Waals surface area contributed by atoms with Crippen molar-refractivity contribution in [1.82, 2.24) is 5.32 Å². The van der Waals surface area contributed by atoms with Crippen LogP contribution in [-0.2, 0) is 11.2 Å². The molecule has 0 radical (unpaired) electrons. The summed E-state index contributed by atoms with van der Waals surface area (Å²) in [5.74, 6) is 0.678. The lowest BCUT2D eigenvalue weighted by atomic mass is 10.1. The number of hydrogen-bond acceptors (Lipinski definition) is 2. The molecule has 1 atom stereocenters. The van der Waals surface area contributed by atoms with Crippen LogP contribution in [0.25, 0.3) is 0 Å². The normalized spacial score (nSPS) is 12.1. The Kier molecular flexibility index (Phi) is 5.26. The minimum atomic E-state index is 0.0773. The van der Waals surface area contributed by atoms with E-state index < -0.39 is 0 Å². The fourth-order valence-corrected chi connectivity index (χ4v) is 1.67. The molecule has 82 valence electrons. The van der Waals surface area contributed by atoms with Gasteiger partial charge in [0.1, 0.15) is 0 Å². The molecule has 3 heteroatoms. The predicted molar refractivity (Wildman–Crippen MR) is 66.2 cm³/mol. The maximum Gasteiger partial charge on any atom is 0.221 e. The van der Waals surface area contributed by atoms with Crippen molar-refractivity contribution in [2.24, 2.45) is 0 Å². The zero-order chi connectivity index (χ0) is 11.1. The lowest BCUT2D eigenvalue weighted by Crippen LogP contribution is -2.34. The molecule has 0 fully saturated rings. The number of nitrogens with one attached hydrogen (secondary N) is 1. The van der Waals surface area contributed by atoms with Gasteiger partial charge >= 0.3 is 0 Å². The van der Waals surface area contributed by atoms with E-state index in [1.165, 1.54) is 5.56 Å². The second kappa shape index (κ2) is 6.51. The van der Waals surface area contributed by atoms with Crippen molar-refractivity contribution in [1.29, 1.82) is 0 Å². The average molecular weight is 223 g/mol. The minimum Gasteiger partial charge on any atom is -0.353 e. The van der Waals surface area contributed by atoms with Crippen LogP contribution in [0.15, 0.2) is 30.3 Å². The van der Waals surface area contributed by atoms with Crippen LogP contribution in [0.5, 0.6) is 0 Å². The first-order valence-corrected chi connectivity index (χ1v) is 5.79. The maximum absolute atomic E-state index is 11.3. The highest BCUT2D eigenvalue weighted by Gasteiger charge is 2.06. The van der Waals surface area contributed by atoms with Crippen LogP contribution in [0.1, 0.15) is 18.9 Å². The van der Waals surface area contributed by atoms with E-state index in [9.17, 15) is 4.79 Å². The summed E-state index contributed by atoms with van der Waals surface area (Å²) in [5, 5.41) is 2.94. The standard InChI is InChI=1S/C12H17NOS/c1-10(13-12(14)7-8-15)9-11-5-3-2-4-6-11/h2-6,10,15H,7-9H2,1H3,(H,13,14). The Morgan fingerprint density at radius 2 is 2.07 bits per heavy atom. The van der Waals surface area contributed by atoms with E-state index in [2.05, 4.69) is 30.1 Å². The molecule has 0 saturated carbocycles. The first-order chi connectivity index (χ1) is 7.22. The maximum atomic E-state index is 11.3. The number of rotatable bonds is 5. The molecule has 15 heavy (non-hydrogen) atoms. The largest absolute Gasteiger partial charge is 0.353 e. The van der Waals surface area contributed by atoms with Gasteiger partial charge in [0.05, 0.1) is 0 Å². The molecule has 0 saturated heterocycles. The molecule has 1 rings (SSSR count). The molecule has 1 unspecified atom stereocenters. The van der Waals surface area contributed by atoms with Crippen molar-refractivity contribution in [3.63, 3.8) is 0 Å². The lowest BCUT2D eigenvalue weighted by molar-refractivity contribution is -0.121. The van der Waals surface area contributed by atoms with Gasteiger partial charge in [-0.25, -0.2) is 0 Å². The van der Waals surface area contributed by atoms with Gasteiger partial charge in [0, 0.05) is 12.5 Å². The van der Waals surface area contributed by atoms with Crippen LogP contribution in [-0.4, -0.2) is 17.7 Å². The predicted octanol–water partition coefficient (Wildman–Crippen LogP) is 2.05. The number of benzene rings is 1. The summed E-state index contributed by atoms with van der Waals surface area (Å²) >= 11 is 4.02. The molecular weight excluding hydrogens is 206 g/mol. The molecule has 1 amide bonds. The number of carbonyl (C=O) groups is 1. The Bertz CT molecular complexity index is 300. The quantitative estimate of drug-likeness (QED) is 0.735. The molecule has 0 aromatic heterocycles. The average Bonchev–Trinajstić information content (AvgIpc) is 2.19. The number of hydrogen-bond donors (Lipinski definition) is 2. The van der Waals surface area contributed by atoms with Crippen molar-refractivity contribution >= 4 is 18.5 Å². The van der Waals surface area contributed by atoms with Crippen molar-refractivity contribution in [2.45, 2.75) is 25.8 Å².